The number of nitrogens with one attached hydrogen (secondary N) is 1. The molecule has 4 aromatic rings. The fraction of sp³-hybridized carbons (Fsp3) is 0.0952. The monoisotopic (exact) mass is 357 g/mol. The Morgan fingerprint density at radius 1 is 0.963 bits per heavy atom. The van der Waals surface area contributed by atoms with Crippen molar-refractivity contribution in [3.8, 4) is 5.69 Å². The molecule has 27 heavy (non-hydrogen) atoms. The van der Waals surface area contributed by atoms with Gasteiger partial charge < -0.3 is 9.88 Å². The summed E-state index contributed by atoms with van der Waals surface area (Å²) in [5.41, 5.74) is 3.75. The molecule has 0 unspecified atom stereocenters. The van der Waals surface area contributed by atoms with E-state index in [0.29, 0.717) is 18.7 Å². The van der Waals surface area contributed by atoms with Crippen LogP contribution in [0, 0.1) is 0 Å². The second kappa shape index (κ2) is 7.70. The third-order valence-electron chi connectivity index (χ3n) is 4.37. The lowest BCUT2D eigenvalue weighted by Gasteiger charge is -2.11. The van der Waals surface area contributed by atoms with Crippen molar-refractivity contribution >= 4 is 5.91 Å². The molecule has 6 nitrogen and oxygen atoms in total. The number of carbonyl (C=O) groups is 1. The summed E-state index contributed by atoms with van der Waals surface area (Å²) in [6, 6.07) is 19.5. The van der Waals surface area contributed by atoms with E-state index in [1.807, 2.05) is 77.6 Å². The number of nitrogens with zero attached hydrogens (tertiary/aromatic N) is 4. The SMILES string of the molecule is O=C(NCc1ccccc1Cn1cncn1)c1cccc(-n2cccc2)c1. The van der Waals surface area contributed by atoms with Gasteiger partial charge in [-0.25, -0.2) is 9.67 Å². The Kier molecular flexibility index (Phi) is 4.78. The Hall–Kier alpha value is -3.67. The fourth-order valence-electron chi connectivity index (χ4n) is 2.97. The molecule has 0 aliphatic heterocycles. The third kappa shape index (κ3) is 3.95. The number of carbonyl (C=O) groups excluding carboxylic acids is 1. The number of hydrogen-bond acceptors (Lipinski definition) is 3. The number of aromatic nitrogens is 4. The molecule has 1 amide bonds. The van der Waals surface area contributed by atoms with Crippen molar-refractivity contribution in [3.63, 3.8) is 0 Å². The quantitative estimate of drug-likeness (QED) is 0.577. The average molecular weight is 357 g/mol. The van der Waals surface area contributed by atoms with Crippen molar-refractivity contribution in [2.75, 3.05) is 0 Å². The molecular weight excluding hydrogens is 338 g/mol. The van der Waals surface area contributed by atoms with Crippen LogP contribution in [-0.4, -0.2) is 25.2 Å². The minimum absolute atomic E-state index is 0.0976. The second-order valence-electron chi connectivity index (χ2n) is 6.19. The van der Waals surface area contributed by atoms with Crippen LogP contribution in [0.1, 0.15) is 21.5 Å². The van der Waals surface area contributed by atoms with Gasteiger partial charge >= 0.3 is 0 Å². The molecule has 2 aromatic heterocycles. The Bertz CT molecular complexity index is 1020. The van der Waals surface area contributed by atoms with E-state index in [-0.39, 0.29) is 5.91 Å². The van der Waals surface area contributed by atoms with Gasteiger partial charge in [0.05, 0.1) is 6.54 Å². The standard InChI is InChI=1S/C21H19N5O/c27-21(17-8-5-9-20(12-17)25-10-3-4-11-25)23-13-18-6-1-2-7-19(18)14-26-16-22-15-24-26/h1-12,15-16H,13-14H2,(H,23,27). The first-order chi connectivity index (χ1) is 13.3. The molecule has 0 aliphatic carbocycles. The van der Waals surface area contributed by atoms with Gasteiger partial charge in [0.1, 0.15) is 12.7 Å². The lowest BCUT2D eigenvalue weighted by Crippen LogP contribution is -2.23. The average Bonchev–Trinajstić information content (AvgIpc) is 3.41. The largest absolute Gasteiger partial charge is 0.348 e. The molecule has 0 saturated carbocycles. The minimum atomic E-state index is -0.0976. The van der Waals surface area contributed by atoms with E-state index in [2.05, 4.69) is 15.4 Å². The maximum absolute atomic E-state index is 12.6. The Morgan fingerprint density at radius 2 is 1.78 bits per heavy atom. The maximum Gasteiger partial charge on any atom is 0.251 e. The predicted molar refractivity (Wildman–Crippen MR) is 103 cm³/mol. The van der Waals surface area contributed by atoms with Crippen LogP contribution in [0.3, 0.4) is 0 Å². The van der Waals surface area contributed by atoms with Gasteiger partial charge in [0, 0.05) is 30.2 Å². The molecule has 0 bridgehead atoms. The molecule has 0 atom stereocenters. The molecule has 4 rings (SSSR count). The molecule has 2 heterocycles. The van der Waals surface area contributed by atoms with Crippen molar-refractivity contribution in [2.45, 2.75) is 13.1 Å². The minimum Gasteiger partial charge on any atom is -0.348 e. The predicted octanol–water partition coefficient (Wildman–Crippen LogP) is 3.05. The summed E-state index contributed by atoms with van der Waals surface area (Å²) in [6.07, 6.45) is 7.11. The van der Waals surface area contributed by atoms with Gasteiger partial charge in [-0.05, 0) is 41.5 Å². The van der Waals surface area contributed by atoms with Gasteiger partial charge in [-0.1, -0.05) is 30.3 Å². The van der Waals surface area contributed by atoms with Crippen LogP contribution in [-0.2, 0) is 13.1 Å². The van der Waals surface area contributed by atoms with Gasteiger partial charge in [-0.2, -0.15) is 5.10 Å². The van der Waals surface area contributed by atoms with Crippen LogP contribution < -0.4 is 5.32 Å². The zero-order valence-corrected chi connectivity index (χ0v) is 14.7. The van der Waals surface area contributed by atoms with Crippen LogP contribution in [0.4, 0.5) is 0 Å². The molecule has 134 valence electrons. The van der Waals surface area contributed by atoms with Crippen LogP contribution in [0.25, 0.3) is 5.69 Å². The van der Waals surface area contributed by atoms with Gasteiger partial charge in [-0.3, -0.25) is 4.79 Å². The van der Waals surface area contributed by atoms with E-state index in [0.717, 1.165) is 16.8 Å². The van der Waals surface area contributed by atoms with Crippen molar-refractivity contribution in [2.24, 2.45) is 0 Å². The zero-order chi connectivity index (χ0) is 18.5. The normalized spacial score (nSPS) is 10.7. The molecule has 1 N–H and O–H groups in total. The molecular formula is C21H19N5O. The lowest BCUT2D eigenvalue weighted by atomic mass is 10.1. The van der Waals surface area contributed by atoms with Crippen LogP contribution in [0.5, 0.6) is 0 Å². The number of rotatable bonds is 6. The number of hydrogen-bond donors (Lipinski definition) is 1. The highest BCUT2D eigenvalue weighted by Crippen LogP contribution is 2.13. The summed E-state index contributed by atoms with van der Waals surface area (Å²) in [4.78, 5) is 16.6. The third-order valence-corrected chi connectivity index (χ3v) is 4.37. The van der Waals surface area contributed by atoms with Gasteiger partial charge in [-0.15, -0.1) is 0 Å². The van der Waals surface area contributed by atoms with E-state index in [9.17, 15) is 4.79 Å². The topological polar surface area (TPSA) is 64.7 Å². The molecule has 0 spiro atoms. The Balaban J connectivity index is 1.46. The van der Waals surface area contributed by atoms with Crippen LogP contribution in [0.2, 0.25) is 0 Å². The highest BCUT2D eigenvalue weighted by atomic mass is 16.1. The van der Waals surface area contributed by atoms with Gasteiger partial charge in [0.15, 0.2) is 0 Å². The second-order valence-corrected chi connectivity index (χ2v) is 6.19. The van der Waals surface area contributed by atoms with E-state index < -0.39 is 0 Å². The fourth-order valence-corrected chi connectivity index (χ4v) is 2.97. The van der Waals surface area contributed by atoms with E-state index in [1.165, 1.54) is 6.33 Å². The number of benzene rings is 2. The molecule has 0 radical (unpaired) electrons. The molecule has 0 saturated heterocycles. The Labute approximate surface area is 157 Å². The van der Waals surface area contributed by atoms with E-state index >= 15 is 0 Å². The van der Waals surface area contributed by atoms with Crippen molar-refractivity contribution < 1.29 is 4.79 Å². The summed E-state index contributed by atoms with van der Waals surface area (Å²) in [7, 11) is 0. The first kappa shape index (κ1) is 16.8. The lowest BCUT2D eigenvalue weighted by molar-refractivity contribution is 0.0951. The van der Waals surface area contributed by atoms with Crippen LogP contribution in [0.15, 0.2) is 85.7 Å². The van der Waals surface area contributed by atoms with Gasteiger partial charge in [0.2, 0.25) is 0 Å². The first-order valence-electron chi connectivity index (χ1n) is 8.70. The highest BCUT2D eigenvalue weighted by Gasteiger charge is 2.09. The number of amides is 1. The summed E-state index contributed by atoms with van der Waals surface area (Å²) in [6.45, 7) is 1.08. The Morgan fingerprint density at radius 3 is 2.56 bits per heavy atom. The van der Waals surface area contributed by atoms with Crippen molar-refractivity contribution in [3.05, 3.63) is 102 Å². The van der Waals surface area contributed by atoms with E-state index in [4.69, 9.17) is 0 Å². The molecule has 0 fully saturated rings. The first-order valence-corrected chi connectivity index (χ1v) is 8.70. The van der Waals surface area contributed by atoms with Gasteiger partial charge in [0.25, 0.3) is 5.91 Å². The summed E-state index contributed by atoms with van der Waals surface area (Å²) >= 11 is 0. The zero-order valence-electron chi connectivity index (χ0n) is 14.7. The van der Waals surface area contributed by atoms with E-state index in [1.54, 1.807) is 11.0 Å². The smallest absolute Gasteiger partial charge is 0.251 e. The van der Waals surface area contributed by atoms with Crippen molar-refractivity contribution in [1.82, 2.24) is 24.6 Å². The molecule has 0 aliphatic rings. The highest BCUT2D eigenvalue weighted by molar-refractivity contribution is 5.94. The summed E-state index contributed by atoms with van der Waals surface area (Å²) < 4.78 is 3.74. The summed E-state index contributed by atoms with van der Waals surface area (Å²) in [5, 5.41) is 7.16. The summed E-state index contributed by atoms with van der Waals surface area (Å²) in [5.74, 6) is -0.0976. The van der Waals surface area contributed by atoms with Crippen molar-refractivity contribution in [1.29, 1.82) is 0 Å². The van der Waals surface area contributed by atoms with Crippen LogP contribution >= 0.6 is 0 Å². The molecule has 2 aromatic carbocycles. The maximum atomic E-state index is 12.6. The molecule has 6 heteroatoms.